The molecule has 0 bridgehead atoms. The SMILES string of the molecule is CCOC(=O)C1CCCN1C(=O)C(C)NC(=O)C(C)(C)C. The number of rotatable bonds is 4. The van der Waals surface area contributed by atoms with E-state index in [1.54, 1.807) is 34.6 Å². The summed E-state index contributed by atoms with van der Waals surface area (Å²) in [6.07, 6.45) is 1.39. The van der Waals surface area contributed by atoms with Crippen molar-refractivity contribution in [1.29, 1.82) is 0 Å². The highest BCUT2D eigenvalue weighted by atomic mass is 16.5. The van der Waals surface area contributed by atoms with Gasteiger partial charge >= 0.3 is 5.97 Å². The summed E-state index contributed by atoms with van der Waals surface area (Å²) in [6.45, 7) is 9.58. The second-order valence-electron chi connectivity index (χ2n) is 6.39. The normalized spacial score (nSPS) is 20.0. The van der Waals surface area contributed by atoms with Crippen LogP contribution in [0.5, 0.6) is 0 Å². The van der Waals surface area contributed by atoms with E-state index >= 15 is 0 Å². The van der Waals surface area contributed by atoms with E-state index in [1.807, 2.05) is 0 Å². The van der Waals surface area contributed by atoms with Crippen LogP contribution in [0.2, 0.25) is 0 Å². The van der Waals surface area contributed by atoms with Gasteiger partial charge in [0.05, 0.1) is 6.61 Å². The Morgan fingerprint density at radius 2 is 1.95 bits per heavy atom. The van der Waals surface area contributed by atoms with Crippen molar-refractivity contribution in [3.05, 3.63) is 0 Å². The third kappa shape index (κ3) is 4.44. The predicted molar refractivity (Wildman–Crippen MR) is 78.4 cm³/mol. The second kappa shape index (κ2) is 6.91. The first-order chi connectivity index (χ1) is 9.68. The van der Waals surface area contributed by atoms with E-state index in [0.29, 0.717) is 19.6 Å². The molecular weight excluding hydrogens is 272 g/mol. The first kappa shape index (κ1) is 17.5. The van der Waals surface area contributed by atoms with Crippen LogP contribution in [0.15, 0.2) is 0 Å². The highest BCUT2D eigenvalue weighted by molar-refractivity contribution is 5.92. The fourth-order valence-corrected chi connectivity index (χ4v) is 2.24. The van der Waals surface area contributed by atoms with Gasteiger partial charge in [0, 0.05) is 12.0 Å². The van der Waals surface area contributed by atoms with Gasteiger partial charge in [0.1, 0.15) is 12.1 Å². The smallest absolute Gasteiger partial charge is 0.328 e. The minimum atomic E-state index is -0.647. The van der Waals surface area contributed by atoms with Gasteiger partial charge < -0.3 is 15.0 Å². The summed E-state index contributed by atoms with van der Waals surface area (Å²) in [5, 5.41) is 2.71. The molecule has 1 N–H and O–H groups in total. The Morgan fingerprint density at radius 1 is 1.33 bits per heavy atom. The molecule has 0 aromatic rings. The van der Waals surface area contributed by atoms with E-state index in [0.717, 1.165) is 6.42 Å². The summed E-state index contributed by atoms with van der Waals surface area (Å²) in [5.74, 6) is -0.781. The summed E-state index contributed by atoms with van der Waals surface area (Å²) in [4.78, 5) is 37.7. The fraction of sp³-hybridized carbons (Fsp3) is 0.800. The monoisotopic (exact) mass is 298 g/mol. The largest absolute Gasteiger partial charge is 0.464 e. The second-order valence-corrected chi connectivity index (χ2v) is 6.39. The van der Waals surface area contributed by atoms with Crippen LogP contribution >= 0.6 is 0 Å². The molecule has 1 heterocycles. The molecule has 1 aliphatic rings. The molecule has 0 radical (unpaired) electrons. The molecule has 2 amide bonds. The van der Waals surface area contributed by atoms with Crippen molar-refractivity contribution in [3.8, 4) is 0 Å². The summed E-state index contributed by atoms with van der Waals surface area (Å²) < 4.78 is 5.00. The number of nitrogens with zero attached hydrogens (tertiary/aromatic N) is 1. The van der Waals surface area contributed by atoms with Gasteiger partial charge in [0.15, 0.2) is 0 Å². The van der Waals surface area contributed by atoms with Gasteiger partial charge in [-0.25, -0.2) is 4.79 Å². The number of esters is 1. The van der Waals surface area contributed by atoms with Crippen LogP contribution in [0.25, 0.3) is 0 Å². The Hall–Kier alpha value is -1.59. The molecule has 2 unspecified atom stereocenters. The molecule has 1 fully saturated rings. The molecule has 2 atom stereocenters. The summed E-state index contributed by atoms with van der Waals surface area (Å²) in [5.41, 5.74) is -0.555. The van der Waals surface area contributed by atoms with Gasteiger partial charge in [-0.1, -0.05) is 20.8 Å². The molecule has 120 valence electrons. The molecule has 6 nitrogen and oxygen atoms in total. The highest BCUT2D eigenvalue weighted by Crippen LogP contribution is 2.20. The molecule has 0 aromatic carbocycles. The van der Waals surface area contributed by atoms with Crippen LogP contribution in [-0.4, -0.2) is 47.9 Å². The van der Waals surface area contributed by atoms with Gasteiger partial charge in [-0.3, -0.25) is 9.59 Å². The summed E-state index contributed by atoms with van der Waals surface area (Å²) >= 11 is 0. The Labute approximate surface area is 126 Å². The van der Waals surface area contributed by atoms with E-state index in [-0.39, 0.29) is 17.8 Å². The molecular formula is C15H26N2O4. The third-order valence-electron chi connectivity index (χ3n) is 3.49. The van der Waals surface area contributed by atoms with Crippen molar-refractivity contribution in [3.63, 3.8) is 0 Å². The molecule has 0 aromatic heterocycles. The number of likely N-dealkylation sites (tertiary alicyclic amines) is 1. The Kier molecular flexibility index (Phi) is 5.75. The lowest BCUT2D eigenvalue weighted by molar-refractivity contribution is -0.153. The highest BCUT2D eigenvalue weighted by Gasteiger charge is 2.37. The zero-order chi connectivity index (χ0) is 16.2. The van der Waals surface area contributed by atoms with Gasteiger partial charge in [0.2, 0.25) is 11.8 Å². The number of carbonyl (C=O) groups is 3. The van der Waals surface area contributed by atoms with Crippen LogP contribution in [0.4, 0.5) is 0 Å². The van der Waals surface area contributed by atoms with Crippen molar-refractivity contribution in [2.75, 3.05) is 13.2 Å². The molecule has 1 rings (SSSR count). The van der Waals surface area contributed by atoms with Crippen molar-refractivity contribution in [1.82, 2.24) is 10.2 Å². The molecule has 0 spiro atoms. The minimum absolute atomic E-state index is 0.185. The van der Waals surface area contributed by atoms with Crippen LogP contribution in [0.1, 0.15) is 47.5 Å². The standard InChI is InChI=1S/C15H26N2O4/c1-6-21-13(19)11-8-7-9-17(11)12(18)10(2)16-14(20)15(3,4)5/h10-11H,6-9H2,1-5H3,(H,16,20). The quantitative estimate of drug-likeness (QED) is 0.788. The van der Waals surface area contributed by atoms with Crippen molar-refractivity contribution < 1.29 is 19.1 Å². The number of carbonyl (C=O) groups excluding carboxylic acids is 3. The first-order valence-electron chi connectivity index (χ1n) is 7.46. The Morgan fingerprint density at radius 3 is 2.48 bits per heavy atom. The lowest BCUT2D eigenvalue weighted by Gasteiger charge is -2.28. The van der Waals surface area contributed by atoms with E-state index < -0.39 is 17.5 Å². The average molecular weight is 298 g/mol. The maximum absolute atomic E-state index is 12.4. The number of hydrogen-bond donors (Lipinski definition) is 1. The summed E-state index contributed by atoms with van der Waals surface area (Å²) in [7, 11) is 0. The van der Waals surface area contributed by atoms with Gasteiger partial charge in [-0.15, -0.1) is 0 Å². The van der Waals surface area contributed by atoms with Crippen LogP contribution in [0, 0.1) is 5.41 Å². The van der Waals surface area contributed by atoms with E-state index in [1.165, 1.54) is 4.90 Å². The van der Waals surface area contributed by atoms with Crippen LogP contribution in [0.3, 0.4) is 0 Å². The fourth-order valence-electron chi connectivity index (χ4n) is 2.24. The van der Waals surface area contributed by atoms with Gasteiger partial charge in [-0.2, -0.15) is 0 Å². The zero-order valence-corrected chi connectivity index (χ0v) is 13.6. The Bertz CT molecular complexity index is 414. The van der Waals surface area contributed by atoms with E-state index in [9.17, 15) is 14.4 Å². The van der Waals surface area contributed by atoms with Crippen molar-refractivity contribution >= 4 is 17.8 Å². The zero-order valence-electron chi connectivity index (χ0n) is 13.6. The van der Waals surface area contributed by atoms with Crippen molar-refractivity contribution in [2.24, 2.45) is 5.41 Å². The number of amides is 2. The summed E-state index contributed by atoms with van der Waals surface area (Å²) in [6, 6.07) is -1.17. The van der Waals surface area contributed by atoms with Crippen LogP contribution in [-0.2, 0) is 19.1 Å². The number of nitrogens with one attached hydrogen (secondary N) is 1. The third-order valence-corrected chi connectivity index (χ3v) is 3.49. The number of hydrogen-bond acceptors (Lipinski definition) is 4. The molecule has 1 aliphatic heterocycles. The average Bonchev–Trinajstić information content (AvgIpc) is 2.85. The molecule has 6 heteroatoms. The van der Waals surface area contributed by atoms with E-state index in [4.69, 9.17) is 4.74 Å². The van der Waals surface area contributed by atoms with Gasteiger partial charge in [0.25, 0.3) is 0 Å². The lowest BCUT2D eigenvalue weighted by Crippen LogP contribution is -2.52. The van der Waals surface area contributed by atoms with E-state index in [2.05, 4.69) is 5.32 Å². The lowest BCUT2D eigenvalue weighted by atomic mass is 9.95. The number of ether oxygens (including phenoxy) is 1. The van der Waals surface area contributed by atoms with Crippen molar-refractivity contribution in [2.45, 2.75) is 59.5 Å². The maximum Gasteiger partial charge on any atom is 0.328 e. The molecule has 1 saturated heterocycles. The first-order valence-corrected chi connectivity index (χ1v) is 7.46. The maximum atomic E-state index is 12.4. The Balaban J connectivity index is 2.69. The molecule has 21 heavy (non-hydrogen) atoms. The molecule has 0 saturated carbocycles. The minimum Gasteiger partial charge on any atom is -0.464 e. The predicted octanol–water partition coefficient (Wildman–Crippen LogP) is 1.09. The van der Waals surface area contributed by atoms with Crippen LogP contribution < -0.4 is 5.32 Å². The topological polar surface area (TPSA) is 75.7 Å². The van der Waals surface area contributed by atoms with Gasteiger partial charge in [-0.05, 0) is 26.7 Å². The molecule has 0 aliphatic carbocycles.